The third kappa shape index (κ3) is 5.68. The van der Waals surface area contributed by atoms with E-state index in [1.54, 1.807) is 0 Å². The standard InChI is InChI=1S/C17H28N2O.ClH/c1-5-13(3)12-19(6-2)17(20)14(4)16(18)15-10-8-7-9-11-15;/h7-11,13-14,16H,5-6,12,18H2,1-4H3;1H. The molecular formula is C17H29ClN2O. The molecule has 0 radical (unpaired) electrons. The molecule has 3 nitrogen and oxygen atoms in total. The van der Waals surface area contributed by atoms with Crippen molar-refractivity contribution in [2.24, 2.45) is 17.6 Å². The molecule has 1 amide bonds. The van der Waals surface area contributed by atoms with Gasteiger partial charge in [0.25, 0.3) is 0 Å². The average Bonchev–Trinajstić information content (AvgIpc) is 2.50. The lowest BCUT2D eigenvalue weighted by Crippen LogP contribution is -2.41. The number of halogens is 1. The normalized spacial score (nSPS) is 14.7. The maximum absolute atomic E-state index is 12.6. The maximum atomic E-state index is 12.6. The Hall–Kier alpha value is -1.06. The zero-order valence-electron chi connectivity index (χ0n) is 13.6. The Kier molecular flexibility index (Phi) is 9.31. The van der Waals surface area contributed by atoms with E-state index in [0.717, 1.165) is 25.1 Å². The first kappa shape index (κ1) is 19.9. The smallest absolute Gasteiger partial charge is 0.227 e. The summed E-state index contributed by atoms with van der Waals surface area (Å²) in [5.41, 5.74) is 7.27. The van der Waals surface area contributed by atoms with Gasteiger partial charge >= 0.3 is 0 Å². The number of rotatable bonds is 7. The van der Waals surface area contributed by atoms with E-state index in [-0.39, 0.29) is 30.3 Å². The van der Waals surface area contributed by atoms with Gasteiger partial charge in [0, 0.05) is 19.1 Å². The molecule has 2 N–H and O–H groups in total. The zero-order valence-corrected chi connectivity index (χ0v) is 14.4. The largest absolute Gasteiger partial charge is 0.342 e. The van der Waals surface area contributed by atoms with Gasteiger partial charge in [0.2, 0.25) is 5.91 Å². The van der Waals surface area contributed by atoms with Crippen LogP contribution in [0.2, 0.25) is 0 Å². The number of carbonyl (C=O) groups is 1. The molecule has 0 heterocycles. The van der Waals surface area contributed by atoms with Crippen LogP contribution in [0.4, 0.5) is 0 Å². The average molecular weight is 313 g/mol. The lowest BCUT2D eigenvalue weighted by molar-refractivity contribution is -0.136. The second-order valence-electron chi connectivity index (χ2n) is 5.62. The van der Waals surface area contributed by atoms with Crippen molar-refractivity contribution in [3.63, 3.8) is 0 Å². The molecule has 0 fully saturated rings. The van der Waals surface area contributed by atoms with Crippen LogP contribution in [0.25, 0.3) is 0 Å². The summed E-state index contributed by atoms with van der Waals surface area (Å²) in [4.78, 5) is 14.5. The summed E-state index contributed by atoms with van der Waals surface area (Å²) in [6.07, 6.45) is 1.09. The van der Waals surface area contributed by atoms with Crippen molar-refractivity contribution >= 4 is 18.3 Å². The van der Waals surface area contributed by atoms with Crippen molar-refractivity contribution < 1.29 is 4.79 Å². The van der Waals surface area contributed by atoms with Crippen LogP contribution in [0.3, 0.4) is 0 Å². The van der Waals surface area contributed by atoms with Gasteiger partial charge in [0.15, 0.2) is 0 Å². The minimum absolute atomic E-state index is 0. The lowest BCUT2D eigenvalue weighted by Gasteiger charge is -2.29. The molecular weight excluding hydrogens is 284 g/mol. The van der Waals surface area contributed by atoms with E-state index >= 15 is 0 Å². The van der Waals surface area contributed by atoms with Crippen LogP contribution in [0.15, 0.2) is 30.3 Å². The summed E-state index contributed by atoms with van der Waals surface area (Å²) >= 11 is 0. The summed E-state index contributed by atoms with van der Waals surface area (Å²) in [7, 11) is 0. The molecule has 4 heteroatoms. The van der Waals surface area contributed by atoms with Gasteiger partial charge in [-0.1, -0.05) is 57.5 Å². The fraction of sp³-hybridized carbons (Fsp3) is 0.588. The van der Waals surface area contributed by atoms with Crippen molar-refractivity contribution in [1.82, 2.24) is 4.90 Å². The summed E-state index contributed by atoms with van der Waals surface area (Å²) < 4.78 is 0. The van der Waals surface area contributed by atoms with Gasteiger partial charge in [-0.3, -0.25) is 4.79 Å². The minimum Gasteiger partial charge on any atom is -0.342 e. The minimum atomic E-state index is -0.241. The highest BCUT2D eigenvalue weighted by Gasteiger charge is 2.26. The van der Waals surface area contributed by atoms with E-state index in [2.05, 4.69) is 13.8 Å². The first-order chi connectivity index (χ1) is 9.51. The summed E-state index contributed by atoms with van der Waals surface area (Å²) in [5, 5.41) is 0. The number of nitrogens with two attached hydrogens (primary N) is 1. The Morgan fingerprint density at radius 2 is 1.76 bits per heavy atom. The molecule has 3 atom stereocenters. The Morgan fingerprint density at radius 3 is 2.24 bits per heavy atom. The van der Waals surface area contributed by atoms with E-state index in [9.17, 15) is 4.79 Å². The molecule has 0 aromatic heterocycles. The van der Waals surface area contributed by atoms with Gasteiger partial charge in [-0.15, -0.1) is 12.4 Å². The van der Waals surface area contributed by atoms with Crippen molar-refractivity contribution in [3.05, 3.63) is 35.9 Å². The quantitative estimate of drug-likeness (QED) is 0.835. The van der Waals surface area contributed by atoms with E-state index in [1.165, 1.54) is 0 Å². The summed E-state index contributed by atoms with van der Waals surface area (Å²) in [5.74, 6) is 0.490. The van der Waals surface area contributed by atoms with Crippen LogP contribution in [0.1, 0.15) is 45.7 Å². The highest BCUT2D eigenvalue weighted by molar-refractivity contribution is 5.85. The van der Waals surface area contributed by atoms with Crippen LogP contribution in [0.5, 0.6) is 0 Å². The molecule has 0 spiro atoms. The van der Waals surface area contributed by atoms with Gasteiger partial charge < -0.3 is 10.6 Å². The molecule has 21 heavy (non-hydrogen) atoms. The van der Waals surface area contributed by atoms with Gasteiger partial charge in [-0.2, -0.15) is 0 Å². The Labute approximate surface area is 135 Å². The summed E-state index contributed by atoms with van der Waals surface area (Å²) in [6.45, 7) is 9.85. The third-order valence-electron chi connectivity index (χ3n) is 4.04. The number of hydrogen-bond acceptors (Lipinski definition) is 2. The fourth-order valence-electron chi connectivity index (χ4n) is 2.29. The van der Waals surface area contributed by atoms with Gasteiger partial charge in [0.05, 0.1) is 5.92 Å². The van der Waals surface area contributed by atoms with E-state index < -0.39 is 0 Å². The van der Waals surface area contributed by atoms with E-state index in [4.69, 9.17) is 5.73 Å². The second-order valence-corrected chi connectivity index (χ2v) is 5.62. The second kappa shape index (κ2) is 9.80. The molecule has 0 aliphatic heterocycles. The SMILES string of the molecule is CCC(C)CN(CC)C(=O)C(C)C(N)c1ccccc1.Cl. The van der Waals surface area contributed by atoms with E-state index in [1.807, 2.05) is 49.1 Å². The van der Waals surface area contributed by atoms with Gasteiger partial charge in [0.1, 0.15) is 0 Å². The van der Waals surface area contributed by atoms with Crippen LogP contribution >= 0.6 is 12.4 Å². The first-order valence-corrected chi connectivity index (χ1v) is 7.60. The Morgan fingerprint density at radius 1 is 1.19 bits per heavy atom. The zero-order chi connectivity index (χ0) is 15.1. The van der Waals surface area contributed by atoms with E-state index in [0.29, 0.717) is 5.92 Å². The Balaban J connectivity index is 0.00000400. The maximum Gasteiger partial charge on any atom is 0.227 e. The molecule has 0 saturated heterocycles. The predicted molar refractivity (Wildman–Crippen MR) is 91.5 cm³/mol. The molecule has 0 aliphatic rings. The fourth-order valence-corrected chi connectivity index (χ4v) is 2.29. The third-order valence-corrected chi connectivity index (χ3v) is 4.04. The highest BCUT2D eigenvalue weighted by Crippen LogP contribution is 2.21. The Bertz CT molecular complexity index is 411. The first-order valence-electron chi connectivity index (χ1n) is 7.60. The van der Waals surface area contributed by atoms with Gasteiger partial charge in [-0.05, 0) is 18.4 Å². The van der Waals surface area contributed by atoms with Crippen molar-refractivity contribution in [1.29, 1.82) is 0 Å². The molecule has 1 aromatic carbocycles. The number of carbonyl (C=O) groups excluding carboxylic acids is 1. The van der Waals surface area contributed by atoms with Crippen molar-refractivity contribution in [2.45, 2.75) is 40.2 Å². The molecule has 1 aromatic rings. The molecule has 3 unspecified atom stereocenters. The number of nitrogens with zero attached hydrogens (tertiary/aromatic N) is 1. The molecule has 120 valence electrons. The van der Waals surface area contributed by atoms with Crippen LogP contribution in [-0.4, -0.2) is 23.9 Å². The highest BCUT2D eigenvalue weighted by atomic mass is 35.5. The van der Waals surface area contributed by atoms with Gasteiger partial charge in [-0.25, -0.2) is 0 Å². The number of benzene rings is 1. The topological polar surface area (TPSA) is 46.3 Å². The molecule has 0 aliphatic carbocycles. The number of amides is 1. The number of hydrogen-bond donors (Lipinski definition) is 1. The predicted octanol–water partition coefficient (Wildman–Crippen LogP) is 3.64. The monoisotopic (exact) mass is 312 g/mol. The summed E-state index contributed by atoms with van der Waals surface area (Å²) in [6, 6.07) is 9.62. The van der Waals surface area contributed by atoms with Crippen molar-refractivity contribution in [3.8, 4) is 0 Å². The molecule has 0 saturated carbocycles. The van der Waals surface area contributed by atoms with Crippen LogP contribution < -0.4 is 5.73 Å². The van der Waals surface area contributed by atoms with Crippen molar-refractivity contribution in [2.75, 3.05) is 13.1 Å². The van der Waals surface area contributed by atoms with Crippen LogP contribution in [-0.2, 0) is 4.79 Å². The lowest BCUT2D eigenvalue weighted by atomic mass is 9.93. The molecule has 1 rings (SSSR count). The van der Waals surface area contributed by atoms with Crippen LogP contribution in [0, 0.1) is 11.8 Å². The molecule has 0 bridgehead atoms.